The zero-order valence-electron chi connectivity index (χ0n) is 13.4. The van der Waals surface area contributed by atoms with Crippen molar-refractivity contribution in [2.45, 2.75) is 16.7 Å². The van der Waals surface area contributed by atoms with Crippen molar-refractivity contribution < 1.29 is 13.2 Å². The Bertz CT molecular complexity index is 975. The van der Waals surface area contributed by atoms with Crippen LogP contribution in [0.15, 0.2) is 71.4 Å². The van der Waals surface area contributed by atoms with Crippen LogP contribution in [0.4, 0.5) is 13.2 Å². The molecule has 0 saturated carbocycles. The summed E-state index contributed by atoms with van der Waals surface area (Å²) in [5.74, 6) is -1.47. The topological polar surface area (TPSA) is 4.93 Å². The van der Waals surface area contributed by atoms with E-state index in [1.165, 1.54) is 12.1 Å². The van der Waals surface area contributed by atoms with Gasteiger partial charge in [0.1, 0.15) is 0 Å². The molecule has 5 heteroatoms. The van der Waals surface area contributed by atoms with E-state index in [2.05, 4.69) is 13.2 Å². The predicted octanol–water partition coefficient (Wildman–Crippen LogP) is 4.70. The van der Waals surface area contributed by atoms with Gasteiger partial charge in [-0.05, 0) is 30.0 Å². The highest BCUT2D eigenvalue weighted by molar-refractivity contribution is 8.00. The first-order valence-electron chi connectivity index (χ1n) is 7.63. The number of hydrogen-bond donors (Lipinski definition) is 0. The number of benzene rings is 2. The van der Waals surface area contributed by atoms with Crippen molar-refractivity contribution in [2.75, 3.05) is 0 Å². The molecule has 0 unspecified atom stereocenters. The van der Waals surface area contributed by atoms with E-state index < -0.39 is 11.1 Å². The molecule has 128 valence electrons. The second-order valence-corrected chi connectivity index (χ2v) is 6.72. The van der Waals surface area contributed by atoms with Gasteiger partial charge in [-0.1, -0.05) is 55.6 Å². The molecule has 0 saturated heterocycles. The quantitative estimate of drug-likeness (QED) is 0.598. The summed E-state index contributed by atoms with van der Waals surface area (Å²) in [6.07, 6.45) is 0.887. The molecule has 0 atom stereocenters. The largest absolute Gasteiger partial charge is 0.348 e. The molecule has 0 fully saturated rings. The molecule has 1 heterocycles. The van der Waals surface area contributed by atoms with Crippen LogP contribution in [0.25, 0.3) is 23.9 Å². The highest BCUT2D eigenvalue weighted by atomic mass is 32.2. The number of aromatic nitrogens is 1. The molecule has 0 N–H and O–H groups in total. The molecule has 0 aliphatic rings. The summed E-state index contributed by atoms with van der Waals surface area (Å²) >= 11 is 0.185. The number of nitrogens with zero attached hydrogens (tertiary/aromatic N) is 1. The lowest BCUT2D eigenvalue weighted by molar-refractivity contribution is 0.118. The van der Waals surface area contributed by atoms with Gasteiger partial charge >= 0.3 is 5.25 Å². The van der Waals surface area contributed by atoms with E-state index in [1.807, 2.05) is 24.3 Å². The van der Waals surface area contributed by atoms with E-state index in [1.54, 1.807) is 22.8 Å². The molecule has 1 nitrogen and oxygen atoms in total. The Labute approximate surface area is 147 Å². The van der Waals surface area contributed by atoms with Crippen molar-refractivity contribution in [3.63, 3.8) is 0 Å². The Morgan fingerprint density at radius 3 is 2.04 bits per heavy atom. The highest BCUT2D eigenvalue weighted by Gasteiger charge is 2.36. The standard InChI is InChI=1S/C20H16F3NS/c1-14-17-10-6-7-11-18(17)15(2)24(14)13-12-19(21)20(22,23)25-16-8-4-3-5-9-16/h3-12H,1-2,13H2/b19-12-. The monoisotopic (exact) mass is 359 g/mol. The first-order chi connectivity index (χ1) is 11.9. The van der Waals surface area contributed by atoms with Crippen LogP contribution in [0.5, 0.6) is 0 Å². The fourth-order valence-electron chi connectivity index (χ4n) is 2.64. The second-order valence-electron chi connectivity index (χ2n) is 5.53. The van der Waals surface area contributed by atoms with Crippen LogP contribution in [0.1, 0.15) is 0 Å². The van der Waals surface area contributed by atoms with Crippen molar-refractivity contribution in [3.8, 4) is 0 Å². The minimum absolute atomic E-state index is 0.0525. The van der Waals surface area contributed by atoms with Crippen molar-refractivity contribution >= 4 is 35.7 Å². The molecule has 0 bridgehead atoms. The van der Waals surface area contributed by atoms with Crippen LogP contribution in [0.3, 0.4) is 0 Å². The second kappa shape index (κ2) is 6.84. The fourth-order valence-corrected chi connectivity index (χ4v) is 3.41. The fraction of sp³-hybridized carbons (Fsp3) is 0.100. The van der Waals surface area contributed by atoms with Gasteiger partial charge in [-0.2, -0.15) is 8.78 Å². The molecule has 3 rings (SSSR count). The van der Waals surface area contributed by atoms with E-state index in [-0.39, 0.29) is 18.3 Å². The van der Waals surface area contributed by atoms with E-state index in [0.29, 0.717) is 15.6 Å². The summed E-state index contributed by atoms with van der Waals surface area (Å²) in [6.45, 7) is 7.86. The van der Waals surface area contributed by atoms with Crippen LogP contribution in [-0.4, -0.2) is 9.82 Å². The van der Waals surface area contributed by atoms with Gasteiger partial charge in [-0.15, -0.1) is 0 Å². The third-order valence-electron chi connectivity index (χ3n) is 3.92. The molecule has 1 aromatic heterocycles. The lowest BCUT2D eigenvalue weighted by atomic mass is 10.2. The van der Waals surface area contributed by atoms with Crippen LogP contribution >= 0.6 is 11.8 Å². The van der Waals surface area contributed by atoms with Gasteiger partial charge in [-0.25, -0.2) is 4.39 Å². The number of hydrogen-bond acceptors (Lipinski definition) is 1. The Balaban J connectivity index is 1.86. The summed E-state index contributed by atoms with van der Waals surface area (Å²) in [5, 5.41) is -0.609. The summed E-state index contributed by atoms with van der Waals surface area (Å²) in [4.78, 5) is 0.304. The van der Waals surface area contributed by atoms with Gasteiger partial charge < -0.3 is 4.57 Å². The van der Waals surface area contributed by atoms with Gasteiger partial charge in [0, 0.05) is 32.9 Å². The molecular formula is C20H16F3NS. The van der Waals surface area contributed by atoms with E-state index in [0.717, 1.165) is 16.8 Å². The number of fused-ring (bicyclic) bond motifs is 1. The lowest BCUT2D eigenvalue weighted by Gasteiger charge is -2.14. The van der Waals surface area contributed by atoms with Crippen molar-refractivity contribution in [1.82, 2.24) is 4.57 Å². The van der Waals surface area contributed by atoms with Gasteiger partial charge in [0.05, 0.1) is 0 Å². The zero-order chi connectivity index (χ0) is 18.0. The molecule has 0 aliphatic heterocycles. The average Bonchev–Trinajstić information content (AvgIpc) is 2.84. The van der Waals surface area contributed by atoms with E-state index >= 15 is 0 Å². The summed E-state index contributed by atoms with van der Waals surface area (Å²) < 4.78 is 43.9. The van der Waals surface area contributed by atoms with Crippen LogP contribution in [0.2, 0.25) is 0 Å². The third kappa shape index (κ3) is 3.51. The first kappa shape index (κ1) is 17.4. The SMILES string of the molecule is C=c1c2ccccc2c(=C)n1C/C=C(\F)C(F)(F)Sc1ccccc1. The van der Waals surface area contributed by atoms with Crippen molar-refractivity contribution in [3.05, 3.63) is 77.2 Å². The molecule has 0 aliphatic carbocycles. The Morgan fingerprint density at radius 1 is 0.960 bits per heavy atom. The molecule has 2 aromatic carbocycles. The average molecular weight is 359 g/mol. The Morgan fingerprint density at radius 2 is 1.48 bits per heavy atom. The van der Waals surface area contributed by atoms with Gasteiger partial charge in [0.15, 0.2) is 5.83 Å². The zero-order valence-corrected chi connectivity index (χ0v) is 14.2. The smallest absolute Gasteiger partial charge is 0.337 e. The summed E-state index contributed by atoms with van der Waals surface area (Å²) in [7, 11) is 0. The normalized spacial score (nSPS) is 12.7. The maximum atomic E-state index is 14.1. The number of alkyl halides is 2. The molecule has 0 radical (unpaired) electrons. The summed E-state index contributed by atoms with van der Waals surface area (Å²) in [5.41, 5.74) is 0. The Kier molecular flexibility index (Phi) is 4.77. The third-order valence-corrected chi connectivity index (χ3v) is 4.88. The van der Waals surface area contributed by atoms with Gasteiger partial charge in [0.2, 0.25) is 0 Å². The highest BCUT2D eigenvalue weighted by Crippen LogP contribution is 2.41. The van der Waals surface area contributed by atoms with Crippen LogP contribution in [-0.2, 0) is 6.54 Å². The number of thioether (sulfide) groups is 1. The minimum Gasteiger partial charge on any atom is -0.337 e. The van der Waals surface area contributed by atoms with Gasteiger partial charge in [0.25, 0.3) is 0 Å². The molecular weight excluding hydrogens is 343 g/mol. The maximum absolute atomic E-state index is 14.1. The minimum atomic E-state index is -3.63. The van der Waals surface area contributed by atoms with E-state index in [4.69, 9.17) is 0 Å². The number of halogens is 3. The molecule has 3 aromatic rings. The Hall–Kier alpha value is -2.40. The predicted molar refractivity (Wildman–Crippen MR) is 98.7 cm³/mol. The van der Waals surface area contributed by atoms with Crippen LogP contribution < -0.4 is 10.7 Å². The van der Waals surface area contributed by atoms with Gasteiger partial charge in [-0.3, -0.25) is 0 Å². The van der Waals surface area contributed by atoms with Crippen molar-refractivity contribution in [2.24, 2.45) is 0 Å². The first-order valence-corrected chi connectivity index (χ1v) is 8.45. The van der Waals surface area contributed by atoms with E-state index in [9.17, 15) is 13.2 Å². The van der Waals surface area contributed by atoms with Crippen molar-refractivity contribution in [1.29, 1.82) is 0 Å². The number of rotatable bonds is 5. The maximum Gasteiger partial charge on any atom is 0.348 e. The summed E-state index contributed by atoms with van der Waals surface area (Å²) in [6, 6.07) is 15.5. The van der Waals surface area contributed by atoms with Crippen LogP contribution in [0, 0.1) is 0 Å². The number of allylic oxidation sites excluding steroid dienone is 1. The molecule has 0 spiro atoms. The molecule has 0 amide bonds. The molecule has 25 heavy (non-hydrogen) atoms. The lowest BCUT2D eigenvalue weighted by Crippen LogP contribution is -2.25.